The molecule has 1 unspecified atom stereocenters. The van der Waals surface area contributed by atoms with Crippen molar-refractivity contribution in [1.82, 2.24) is 9.97 Å². The third-order valence-electron chi connectivity index (χ3n) is 2.60. The molecule has 4 nitrogen and oxygen atoms in total. The SMILES string of the molecule is CC1CN(c2cnc(CCl)cn2)CCCO1. The first-order valence-electron chi connectivity index (χ1n) is 5.53. The fourth-order valence-corrected chi connectivity index (χ4v) is 1.92. The summed E-state index contributed by atoms with van der Waals surface area (Å²) in [5, 5.41) is 0. The second-order valence-electron chi connectivity index (χ2n) is 3.98. The van der Waals surface area contributed by atoms with Gasteiger partial charge in [-0.15, -0.1) is 11.6 Å². The van der Waals surface area contributed by atoms with Crippen molar-refractivity contribution in [3.63, 3.8) is 0 Å². The van der Waals surface area contributed by atoms with Crippen LogP contribution in [0.15, 0.2) is 12.4 Å². The first-order chi connectivity index (χ1) is 7.79. The van der Waals surface area contributed by atoms with Crippen LogP contribution in [0.3, 0.4) is 0 Å². The number of anilines is 1. The van der Waals surface area contributed by atoms with E-state index in [0.717, 1.165) is 37.6 Å². The number of rotatable bonds is 2. The Balaban J connectivity index is 2.09. The van der Waals surface area contributed by atoms with Crippen LogP contribution in [-0.4, -0.2) is 35.8 Å². The van der Waals surface area contributed by atoms with Crippen molar-refractivity contribution in [2.24, 2.45) is 0 Å². The fraction of sp³-hybridized carbons (Fsp3) is 0.636. The number of alkyl halides is 1. The lowest BCUT2D eigenvalue weighted by Crippen LogP contribution is -2.30. The van der Waals surface area contributed by atoms with Gasteiger partial charge in [-0.3, -0.25) is 4.98 Å². The standard InChI is InChI=1S/C11H16ClN3O/c1-9-8-15(3-2-4-16-9)11-7-13-10(5-12)6-14-11/h6-7,9H,2-5,8H2,1H3. The van der Waals surface area contributed by atoms with E-state index in [1.54, 1.807) is 12.4 Å². The van der Waals surface area contributed by atoms with Crippen molar-refractivity contribution < 1.29 is 4.74 Å². The molecule has 2 rings (SSSR count). The number of nitrogens with zero attached hydrogens (tertiary/aromatic N) is 3. The molecule has 88 valence electrons. The summed E-state index contributed by atoms with van der Waals surface area (Å²) >= 11 is 5.68. The Labute approximate surface area is 101 Å². The Morgan fingerprint density at radius 3 is 3.06 bits per heavy atom. The van der Waals surface area contributed by atoms with E-state index in [4.69, 9.17) is 16.3 Å². The average Bonchev–Trinajstić information content (AvgIpc) is 2.54. The largest absolute Gasteiger partial charge is 0.377 e. The molecule has 0 spiro atoms. The zero-order valence-corrected chi connectivity index (χ0v) is 10.2. The van der Waals surface area contributed by atoms with Crippen molar-refractivity contribution in [3.05, 3.63) is 18.1 Å². The summed E-state index contributed by atoms with van der Waals surface area (Å²) in [4.78, 5) is 10.8. The fourth-order valence-electron chi connectivity index (χ4n) is 1.78. The average molecular weight is 242 g/mol. The molecule has 0 radical (unpaired) electrons. The van der Waals surface area contributed by atoms with Crippen LogP contribution in [0.25, 0.3) is 0 Å². The van der Waals surface area contributed by atoms with Gasteiger partial charge in [-0.25, -0.2) is 4.98 Å². The van der Waals surface area contributed by atoms with Crippen molar-refractivity contribution in [2.45, 2.75) is 25.3 Å². The Morgan fingerprint density at radius 1 is 1.50 bits per heavy atom. The van der Waals surface area contributed by atoms with Crippen molar-refractivity contribution in [1.29, 1.82) is 0 Å². The summed E-state index contributed by atoms with van der Waals surface area (Å²) in [5.74, 6) is 1.32. The number of ether oxygens (including phenoxy) is 1. The highest BCUT2D eigenvalue weighted by Gasteiger charge is 2.16. The maximum absolute atomic E-state index is 5.68. The van der Waals surface area contributed by atoms with Gasteiger partial charge in [0.15, 0.2) is 0 Å². The van der Waals surface area contributed by atoms with Gasteiger partial charge in [0.05, 0.1) is 30.1 Å². The van der Waals surface area contributed by atoms with E-state index >= 15 is 0 Å². The molecular weight excluding hydrogens is 226 g/mol. The number of halogens is 1. The van der Waals surface area contributed by atoms with Gasteiger partial charge in [0.25, 0.3) is 0 Å². The van der Waals surface area contributed by atoms with Crippen molar-refractivity contribution in [3.8, 4) is 0 Å². The lowest BCUT2D eigenvalue weighted by molar-refractivity contribution is 0.0820. The third-order valence-corrected chi connectivity index (χ3v) is 2.88. The third kappa shape index (κ3) is 2.83. The normalized spacial score (nSPS) is 21.9. The number of aromatic nitrogens is 2. The van der Waals surface area contributed by atoms with Crippen LogP contribution >= 0.6 is 11.6 Å². The Kier molecular flexibility index (Phi) is 3.96. The molecule has 0 aliphatic carbocycles. The first kappa shape index (κ1) is 11.6. The summed E-state index contributed by atoms with van der Waals surface area (Å²) in [6.45, 7) is 4.75. The molecular formula is C11H16ClN3O. The minimum atomic E-state index is 0.247. The maximum Gasteiger partial charge on any atom is 0.147 e. The highest BCUT2D eigenvalue weighted by atomic mass is 35.5. The maximum atomic E-state index is 5.68. The summed E-state index contributed by atoms with van der Waals surface area (Å²) < 4.78 is 5.59. The van der Waals surface area contributed by atoms with Gasteiger partial charge in [0.2, 0.25) is 0 Å². The van der Waals surface area contributed by atoms with Gasteiger partial charge < -0.3 is 9.64 Å². The van der Waals surface area contributed by atoms with E-state index < -0.39 is 0 Å². The van der Waals surface area contributed by atoms with E-state index in [-0.39, 0.29) is 6.10 Å². The predicted octanol–water partition coefficient (Wildman–Crippen LogP) is 1.83. The molecule has 0 N–H and O–H groups in total. The summed E-state index contributed by atoms with van der Waals surface area (Å²) in [6.07, 6.45) is 4.80. The molecule has 5 heteroatoms. The zero-order chi connectivity index (χ0) is 11.4. The minimum Gasteiger partial charge on any atom is -0.377 e. The van der Waals surface area contributed by atoms with Gasteiger partial charge in [-0.05, 0) is 13.3 Å². The lowest BCUT2D eigenvalue weighted by atomic mass is 10.3. The molecule has 1 aliphatic rings. The van der Waals surface area contributed by atoms with Crippen molar-refractivity contribution in [2.75, 3.05) is 24.6 Å². The van der Waals surface area contributed by atoms with Crippen LogP contribution in [0.5, 0.6) is 0 Å². The van der Waals surface area contributed by atoms with Crippen molar-refractivity contribution >= 4 is 17.4 Å². The zero-order valence-electron chi connectivity index (χ0n) is 9.40. The number of hydrogen-bond acceptors (Lipinski definition) is 4. The molecule has 0 amide bonds. The van der Waals surface area contributed by atoms with E-state index in [1.807, 2.05) is 0 Å². The van der Waals surface area contributed by atoms with Gasteiger partial charge in [0, 0.05) is 19.7 Å². The second-order valence-corrected chi connectivity index (χ2v) is 4.25. The molecule has 1 atom stereocenters. The topological polar surface area (TPSA) is 38.2 Å². The molecule has 1 aromatic heterocycles. The smallest absolute Gasteiger partial charge is 0.147 e. The summed E-state index contributed by atoms with van der Waals surface area (Å²) in [6, 6.07) is 0. The summed E-state index contributed by atoms with van der Waals surface area (Å²) in [5.41, 5.74) is 0.810. The highest BCUT2D eigenvalue weighted by Crippen LogP contribution is 2.14. The van der Waals surface area contributed by atoms with Crippen LogP contribution in [-0.2, 0) is 10.6 Å². The molecule has 1 aromatic rings. The number of hydrogen-bond donors (Lipinski definition) is 0. The monoisotopic (exact) mass is 241 g/mol. The molecule has 2 heterocycles. The van der Waals surface area contributed by atoms with Crippen LogP contribution < -0.4 is 4.90 Å². The predicted molar refractivity (Wildman–Crippen MR) is 63.8 cm³/mol. The minimum absolute atomic E-state index is 0.247. The molecule has 1 fully saturated rings. The first-order valence-corrected chi connectivity index (χ1v) is 6.06. The molecule has 0 bridgehead atoms. The van der Waals surface area contributed by atoms with E-state index in [0.29, 0.717) is 5.88 Å². The highest BCUT2D eigenvalue weighted by molar-refractivity contribution is 6.16. The van der Waals surface area contributed by atoms with E-state index in [9.17, 15) is 0 Å². The van der Waals surface area contributed by atoms with Crippen LogP contribution in [0.2, 0.25) is 0 Å². The molecule has 16 heavy (non-hydrogen) atoms. The molecule has 1 saturated heterocycles. The Morgan fingerprint density at radius 2 is 2.38 bits per heavy atom. The molecule has 0 saturated carbocycles. The molecule has 0 aromatic carbocycles. The van der Waals surface area contributed by atoms with Gasteiger partial charge in [0.1, 0.15) is 5.82 Å². The Hall–Kier alpha value is -0.870. The second kappa shape index (κ2) is 5.46. The van der Waals surface area contributed by atoms with Crippen LogP contribution in [0.4, 0.5) is 5.82 Å². The van der Waals surface area contributed by atoms with Gasteiger partial charge in [-0.2, -0.15) is 0 Å². The van der Waals surface area contributed by atoms with E-state index in [1.165, 1.54) is 0 Å². The van der Waals surface area contributed by atoms with Gasteiger partial charge >= 0.3 is 0 Å². The van der Waals surface area contributed by atoms with Crippen LogP contribution in [0.1, 0.15) is 19.0 Å². The lowest BCUT2D eigenvalue weighted by Gasteiger charge is -2.22. The van der Waals surface area contributed by atoms with E-state index in [2.05, 4.69) is 21.8 Å². The Bertz CT molecular complexity index is 331. The quantitative estimate of drug-likeness (QED) is 0.741. The van der Waals surface area contributed by atoms with Gasteiger partial charge in [-0.1, -0.05) is 0 Å². The summed E-state index contributed by atoms with van der Waals surface area (Å²) in [7, 11) is 0. The van der Waals surface area contributed by atoms with Crippen LogP contribution in [0, 0.1) is 0 Å². The molecule has 1 aliphatic heterocycles.